The first-order chi connectivity index (χ1) is 9.65. The first kappa shape index (κ1) is 14.7. The number of methoxy groups -OCH3 is 1. The molecular formula is C15H18ClN3O. The third-order valence-corrected chi connectivity index (χ3v) is 3.47. The van der Waals surface area contributed by atoms with Crippen LogP contribution in [0, 0.1) is 0 Å². The van der Waals surface area contributed by atoms with Crippen LogP contribution in [0.3, 0.4) is 0 Å². The predicted molar refractivity (Wildman–Crippen MR) is 82.6 cm³/mol. The van der Waals surface area contributed by atoms with E-state index >= 15 is 0 Å². The molecule has 5 N–H and O–H groups in total. The van der Waals surface area contributed by atoms with E-state index in [4.69, 9.17) is 27.9 Å². The average molecular weight is 292 g/mol. The Kier molecular flexibility index (Phi) is 4.84. The summed E-state index contributed by atoms with van der Waals surface area (Å²) in [7, 11) is 1.63. The number of benzene rings is 2. The van der Waals surface area contributed by atoms with Crippen LogP contribution in [0.2, 0.25) is 5.02 Å². The van der Waals surface area contributed by atoms with Crippen LogP contribution in [0.25, 0.3) is 0 Å². The molecule has 0 bridgehead atoms. The number of nitrogens with one attached hydrogen (secondary N) is 1. The Morgan fingerprint density at radius 3 is 2.65 bits per heavy atom. The zero-order valence-electron chi connectivity index (χ0n) is 11.3. The van der Waals surface area contributed by atoms with Gasteiger partial charge in [-0.15, -0.1) is 0 Å². The van der Waals surface area contributed by atoms with E-state index in [1.807, 2.05) is 36.4 Å². The van der Waals surface area contributed by atoms with Crippen molar-refractivity contribution in [3.8, 4) is 5.75 Å². The minimum atomic E-state index is -0.108. The molecule has 2 aromatic rings. The van der Waals surface area contributed by atoms with E-state index in [0.717, 1.165) is 16.9 Å². The molecule has 0 aliphatic heterocycles. The van der Waals surface area contributed by atoms with Crippen molar-refractivity contribution in [2.45, 2.75) is 12.5 Å². The van der Waals surface area contributed by atoms with Gasteiger partial charge in [0, 0.05) is 10.7 Å². The number of ether oxygens (including phenoxy) is 1. The van der Waals surface area contributed by atoms with Crippen molar-refractivity contribution in [2.24, 2.45) is 5.84 Å². The summed E-state index contributed by atoms with van der Waals surface area (Å²) < 4.78 is 5.35. The highest BCUT2D eigenvalue weighted by atomic mass is 35.5. The molecule has 0 saturated heterocycles. The van der Waals surface area contributed by atoms with Crippen molar-refractivity contribution in [1.29, 1.82) is 0 Å². The molecule has 0 heterocycles. The van der Waals surface area contributed by atoms with Gasteiger partial charge in [-0.25, -0.2) is 0 Å². The summed E-state index contributed by atoms with van der Waals surface area (Å²) in [6.45, 7) is 0. The lowest BCUT2D eigenvalue weighted by atomic mass is 9.97. The molecule has 5 heteroatoms. The highest BCUT2D eigenvalue weighted by Crippen LogP contribution is 2.29. The van der Waals surface area contributed by atoms with Gasteiger partial charge in [-0.3, -0.25) is 11.3 Å². The second-order valence-corrected chi connectivity index (χ2v) is 4.94. The summed E-state index contributed by atoms with van der Waals surface area (Å²) in [4.78, 5) is 0. The zero-order valence-corrected chi connectivity index (χ0v) is 12.0. The standard InChI is InChI=1S/C15H18ClN3O/c1-20-15-7-6-11(16)8-10(15)9-14(19-18)12-4-2-3-5-13(12)17/h2-8,14,19H,9,17-18H2,1H3. The smallest absolute Gasteiger partial charge is 0.122 e. The lowest BCUT2D eigenvalue weighted by Gasteiger charge is -2.19. The third kappa shape index (κ3) is 3.22. The summed E-state index contributed by atoms with van der Waals surface area (Å²) >= 11 is 6.05. The molecule has 4 nitrogen and oxygen atoms in total. The zero-order chi connectivity index (χ0) is 14.5. The number of halogens is 1. The monoisotopic (exact) mass is 291 g/mol. The Morgan fingerprint density at radius 2 is 2.00 bits per heavy atom. The molecule has 2 aromatic carbocycles. The van der Waals surface area contributed by atoms with Crippen molar-refractivity contribution < 1.29 is 4.74 Å². The van der Waals surface area contributed by atoms with Crippen molar-refractivity contribution in [1.82, 2.24) is 5.43 Å². The number of nitrogen functional groups attached to an aromatic ring is 1. The van der Waals surface area contributed by atoms with Gasteiger partial charge in [0.1, 0.15) is 5.75 Å². The number of hydrogen-bond donors (Lipinski definition) is 3. The van der Waals surface area contributed by atoms with Crippen LogP contribution >= 0.6 is 11.6 Å². The molecule has 0 amide bonds. The Bertz CT molecular complexity index is 589. The van der Waals surface area contributed by atoms with Crippen LogP contribution in [0.5, 0.6) is 5.75 Å². The van der Waals surface area contributed by atoms with Gasteiger partial charge in [-0.1, -0.05) is 29.8 Å². The summed E-state index contributed by atoms with van der Waals surface area (Å²) in [6.07, 6.45) is 0.633. The van der Waals surface area contributed by atoms with Crippen LogP contribution in [0.15, 0.2) is 42.5 Å². The van der Waals surface area contributed by atoms with Crippen LogP contribution in [-0.4, -0.2) is 7.11 Å². The summed E-state index contributed by atoms with van der Waals surface area (Å²) in [5.41, 5.74) is 11.4. The number of anilines is 1. The van der Waals surface area contributed by atoms with E-state index in [-0.39, 0.29) is 6.04 Å². The van der Waals surface area contributed by atoms with Gasteiger partial charge < -0.3 is 10.5 Å². The Morgan fingerprint density at radius 1 is 1.25 bits per heavy atom. The number of para-hydroxylation sites is 1. The Labute approximate surface area is 123 Å². The van der Waals surface area contributed by atoms with E-state index in [0.29, 0.717) is 17.1 Å². The van der Waals surface area contributed by atoms with Crippen molar-refractivity contribution >= 4 is 17.3 Å². The molecule has 0 fully saturated rings. The van der Waals surface area contributed by atoms with Crippen molar-refractivity contribution in [2.75, 3.05) is 12.8 Å². The quantitative estimate of drug-likeness (QED) is 0.450. The van der Waals surface area contributed by atoms with Crippen LogP contribution in [-0.2, 0) is 6.42 Å². The van der Waals surface area contributed by atoms with E-state index < -0.39 is 0 Å². The maximum Gasteiger partial charge on any atom is 0.122 e. The molecule has 0 aliphatic carbocycles. The van der Waals surface area contributed by atoms with Gasteiger partial charge >= 0.3 is 0 Å². The first-order valence-corrected chi connectivity index (χ1v) is 6.66. The number of hydrazine groups is 1. The van der Waals surface area contributed by atoms with Gasteiger partial charge in [-0.05, 0) is 41.8 Å². The number of hydrogen-bond acceptors (Lipinski definition) is 4. The second-order valence-electron chi connectivity index (χ2n) is 4.51. The fraction of sp³-hybridized carbons (Fsp3) is 0.200. The van der Waals surface area contributed by atoms with Crippen molar-refractivity contribution in [3.05, 3.63) is 58.6 Å². The molecular weight excluding hydrogens is 274 g/mol. The molecule has 0 radical (unpaired) electrons. The van der Waals surface area contributed by atoms with Crippen molar-refractivity contribution in [3.63, 3.8) is 0 Å². The minimum absolute atomic E-state index is 0.108. The Hall–Kier alpha value is -1.75. The molecule has 0 saturated carbocycles. The lowest BCUT2D eigenvalue weighted by molar-refractivity contribution is 0.405. The van der Waals surface area contributed by atoms with E-state index in [2.05, 4.69) is 5.43 Å². The maximum absolute atomic E-state index is 6.05. The summed E-state index contributed by atoms with van der Waals surface area (Å²) in [5.74, 6) is 6.45. The average Bonchev–Trinajstić information content (AvgIpc) is 2.46. The summed E-state index contributed by atoms with van der Waals surface area (Å²) in [5, 5.41) is 0.664. The second kappa shape index (κ2) is 6.61. The van der Waals surface area contributed by atoms with E-state index in [9.17, 15) is 0 Å². The van der Waals surface area contributed by atoms with Crippen LogP contribution in [0.4, 0.5) is 5.69 Å². The topological polar surface area (TPSA) is 73.3 Å². The molecule has 106 valence electrons. The first-order valence-electron chi connectivity index (χ1n) is 6.28. The van der Waals surface area contributed by atoms with Gasteiger partial charge in [-0.2, -0.15) is 0 Å². The largest absolute Gasteiger partial charge is 0.496 e. The van der Waals surface area contributed by atoms with E-state index in [1.165, 1.54) is 0 Å². The molecule has 1 unspecified atom stereocenters. The van der Waals surface area contributed by atoms with Gasteiger partial charge in [0.25, 0.3) is 0 Å². The molecule has 1 atom stereocenters. The van der Waals surface area contributed by atoms with Gasteiger partial charge in [0.2, 0.25) is 0 Å². The maximum atomic E-state index is 6.05. The van der Waals surface area contributed by atoms with Crippen LogP contribution in [0.1, 0.15) is 17.2 Å². The number of rotatable bonds is 5. The van der Waals surface area contributed by atoms with Gasteiger partial charge in [0.05, 0.1) is 13.2 Å². The molecule has 0 aromatic heterocycles. The Balaban J connectivity index is 2.31. The third-order valence-electron chi connectivity index (χ3n) is 3.24. The highest BCUT2D eigenvalue weighted by Gasteiger charge is 2.16. The molecule has 20 heavy (non-hydrogen) atoms. The van der Waals surface area contributed by atoms with Gasteiger partial charge in [0.15, 0.2) is 0 Å². The number of nitrogens with two attached hydrogens (primary N) is 2. The molecule has 2 rings (SSSR count). The molecule has 0 aliphatic rings. The normalized spacial score (nSPS) is 12.2. The lowest BCUT2D eigenvalue weighted by Crippen LogP contribution is -2.30. The highest BCUT2D eigenvalue weighted by molar-refractivity contribution is 6.30. The summed E-state index contributed by atoms with van der Waals surface area (Å²) in [6, 6.07) is 13.1. The predicted octanol–water partition coefficient (Wildman–Crippen LogP) is 2.68. The molecule has 0 spiro atoms. The van der Waals surface area contributed by atoms with E-state index in [1.54, 1.807) is 13.2 Å². The minimum Gasteiger partial charge on any atom is -0.496 e. The fourth-order valence-corrected chi connectivity index (χ4v) is 2.41. The van der Waals surface area contributed by atoms with Crippen LogP contribution < -0.4 is 21.7 Å². The SMILES string of the molecule is COc1ccc(Cl)cc1CC(NN)c1ccccc1N. The fourth-order valence-electron chi connectivity index (χ4n) is 2.21.